The van der Waals surface area contributed by atoms with Crippen LogP contribution in [0, 0.1) is 6.92 Å². The molecule has 0 spiro atoms. The van der Waals surface area contributed by atoms with Crippen molar-refractivity contribution in [1.82, 2.24) is 10.3 Å². The van der Waals surface area contributed by atoms with Gasteiger partial charge in [-0.25, -0.2) is 0 Å². The van der Waals surface area contributed by atoms with E-state index in [4.69, 9.17) is 4.74 Å². The van der Waals surface area contributed by atoms with Gasteiger partial charge in [0.15, 0.2) is 0 Å². The Hall–Kier alpha value is -1.87. The zero-order valence-electron chi connectivity index (χ0n) is 11.7. The number of aryl methyl sites for hydroxylation is 1. The molecule has 0 atom stereocenters. The fourth-order valence-corrected chi connectivity index (χ4v) is 1.67. The van der Waals surface area contributed by atoms with Crippen molar-refractivity contribution in [3.8, 4) is 11.5 Å². The number of hydrogen-bond acceptors (Lipinski definition) is 3. The largest absolute Gasteiger partial charge is 0.457 e. The van der Waals surface area contributed by atoms with Gasteiger partial charge in [0.1, 0.15) is 11.5 Å². The molecule has 0 saturated heterocycles. The summed E-state index contributed by atoms with van der Waals surface area (Å²) in [5.74, 6) is 1.67. The number of hydrogen-bond donors (Lipinski definition) is 1. The number of ether oxygens (including phenoxy) is 1. The van der Waals surface area contributed by atoms with Gasteiger partial charge in [0.2, 0.25) is 0 Å². The Morgan fingerprint density at radius 2 is 1.84 bits per heavy atom. The average molecular weight is 256 g/mol. The molecule has 0 amide bonds. The Morgan fingerprint density at radius 3 is 2.53 bits per heavy atom. The first kappa shape index (κ1) is 13.6. The van der Waals surface area contributed by atoms with Gasteiger partial charge in [0.05, 0.1) is 5.69 Å². The monoisotopic (exact) mass is 256 g/mol. The second-order valence-corrected chi connectivity index (χ2v) is 4.93. The maximum atomic E-state index is 5.81. The van der Waals surface area contributed by atoms with Crippen LogP contribution in [0.15, 0.2) is 42.6 Å². The first-order valence-electron chi connectivity index (χ1n) is 6.56. The lowest BCUT2D eigenvalue weighted by atomic mass is 10.2. The van der Waals surface area contributed by atoms with E-state index in [0.717, 1.165) is 23.7 Å². The second-order valence-electron chi connectivity index (χ2n) is 4.93. The van der Waals surface area contributed by atoms with E-state index >= 15 is 0 Å². The van der Waals surface area contributed by atoms with Gasteiger partial charge in [-0.2, -0.15) is 0 Å². The van der Waals surface area contributed by atoms with Crippen molar-refractivity contribution in [2.45, 2.75) is 33.4 Å². The van der Waals surface area contributed by atoms with Crippen LogP contribution in [-0.4, -0.2) is 11.0 Å². The third-order valence-corrected chi connectivity index (χ3v) is 2.74. The summed E-state index contributed by atoms with van der Waals surface area (Å²) in [6.07, 6.45) is 1.78. The Kier molecular flexibility index (Phi) is 4.53. The number of nitrogens with one attached hydrogen (secondary N) is 1. The molecule has 19 heavy (non-hydrogen) atoms. The molecule has 0 aliphatic rings. The maximum absolute atomic E-state index is 5.81. The van der Waals surface area contributed by atoms with Gasteiger partial charge < -0.3 is 10.1 Å². The van der Waals surface area contributed by atoms with E-state index in [0.29, 0.717) is 6.04 Å². The average Bonchev–Trinajstić information content (AvgIpc) is 2.40. The van der Waals surface area contributed by atoms with Crippen LogP contribution < -0.4 is 10.1 Å². The second kappa shape index (κ2) is 6.34. The van der Waals surface area contributed by atoms with Crippen LogP contribution in [0.3, 0.4) is 0 Å². The third-order valence-electron chi connectivity index (χ3n) is 2.74. The molecule has 0 aliphatic carbocycles. The summed E-state index contributed by atoms with van der Waals surface area (Å²) in [5.41, 5.74) is 2.21. The maximum Gasteiger partial charge on any atom is 0.130 e. The van der Waals surface area contributed by atoms with Gasteiger partial charge in [0.25, 0.3) is 0 Å². The highest BCUT2D eigenvalue weighted by Gasteiger charge is 2.01. The molecule has 100 valence electrons. The zero-order chi connectivity index (χ0) is 13.7. The van der Waals surface area contributed by atoms with Crippen LogP contribution in [0.5, 0.6) is 11.5 Å². The van der Waals surface area contributed by atoms with Crippen LogP contribution >= 0.6 is 0 Å². The molecule has 3 heteroatoms. The smallest absolute Gasteiger partial charge is 0.130 e. The SMILES string of the molecule is Cc1ccc(Oc2ccnc(CNC(C)C)c2)cc1. The minimum absolute atomic E-state index is 0.448. The van der Waals surface area contributed by atoms with Gasteiger partial charge in [-0.3, -0.25) is 4.98 Å². The van der Waals surface area contributed by atoms with Crippen LogP contribution in [0.4, 0.5) is 0 Å². The summed E-state index contributed by atoms with van der Waals surface area (Å²) in [5, 5.41) is 3.34. The molecule has 0 fully saturated rings. The van der Waals surface area contributed by atoms with E-state index in [9.17, 15) is 0 Å². The molecule has 0 saturated carbocycles. The van der Waals surface area contributed by atoms with Crippen LogP contribution in [-0.2, 0) is 6.54 Å². The minimum Gasteiger partial charge on any atom is -0.457 e. The van der Waals surface area contributed by atoms with Gasteiger partial charge in [-0.15, -0.1) is 0 Å². The van der Waals surface area contributed by atoms with Crippen molar-refractivity contribution in [1.29, 1.82) is 0 Å². The minimum atomic E-state index is 0.448. The molecule has 1 heterocycles. The molecule has 3 nitrogen and oxygen atoms in total. The van der Waals surface area contributed by atoms with Crippen LogP contribution in [0.2, 0.25) is 0 Å². The van der Waals surface area contributed by atoms with E-state index in [2.05, 4.69) is 31.1 Å². The number of aromatic nitrogens is 1. The molecule has 0 radical (unpaired) electrons. The highest BCUT2D eigenvalue weighted by atomic mass is 16.5. The van der Waals surface area contributed by atoms with Crippen molar-refractivity contribution in [2.75, 3.05) is 0 Å². The van der Waals surface area contributed by atoms with Gasteiger partial charge in [0, 0.05) is 24.8 Å². The number of pyridine rings is 1. The first-order valence-corrected chi connectivity index (χ1v) is 6.56. The predicted molar refractivity (Wildman–Crippen MR) is 77.5 cm³/mol. The molecule has 1 aromatic carbocycles. The fraction of sp³-hybridized carbons (Fsp3) is 0.312. The lowest BCUT2D eigenvalue weighted by molar-refractivity contribution is 0.479. The van der Waals surface area contributed by atoms with Crippen molar-refractivity contribution in [2.24, 2.45) is 0 Å². The molecule has 2 aromatic rings. The summed E-state index contributed by atoms with van der Waals surface area (Å²) in [6, 6.07) is 12.3. The van der Waals surface area contributed by atoms with Crippen molar-refractivity contribution >= 4 is 0 Å². The summed E-state index contributed by atoms with van der Waals surface area (Å²) < 4.78 is 5.81. The van der Waals surface area contributed by atoms with E-state index in [1.807, 2.05) is 36.4 Å². The quantitative estimate of drug-likeness (QED) is 0.886. The lowest BCUT2D eigenvalue weighted by Gasteiger charge is -2.09. The highest BCUT2D eigenvalue weighted by molar-refractivity contribution is 5.32. The van der Waals surface area contributed by atoms with Crippen LogP contribution in [0.1, 0.15) is 25.1 Å². The standard InChI is InChI=1S/C16H20N2O/c1-12(2)18-11-14-10-16(8-9-17-14)19-15-6-4-13(3)5-7-15/h4-10,12,18H,11H2,1-3H3. The van der Waals surface area contributed by atoms with Gasteiger partial charge in [-0.05, 0) is 25.1 Å². The van der Waals surface area contributed by atoms with Crippen molar-refractivity contribution in [3.63, 3.8) is 0 Å². The summed E-state index contributed by atoms with van der Waals surface area (Å²) in [4.78, 5) is 4.32. The first-order chi connectivity index (χ1) is 9.13. The molecular formula is C16H20N2O. The number of nitrogens with zero attached hydrogens (tertiary/aromatic N) is 1. The molecule has 0 unspecified atom stereocenters. The normalized spacial score (nSPS) is 10.7. The Morgan fingerprint density at radius 1 is 1.11 bits per heavy atom. The van der Waals surface area contributed by atoms with Gasteiger partial charge >= 0.3 is 0 Å². The highest BCUT2D eigenvalue weighted by Crippen LogP contribution is 2.21. The van der Waals surface area contributed by atoms with Crippen molar-refractivity contribution < 1.29 is 4.74 Å². The lowest BCUT2D eigenvalue weighted by Crippen LogP contribution is -2.22. The molecule has 0 aliphatic heterocycles. The summed E-state index contributed by atoms with van der Waals surface area (Å²) in [6.45, 7) is 7.05. The number of benzene rings is 1. The zero-order valence-corrected chi connectivity index (χ0v) is 11.7. The summed E-state index contributed by atoms with van der Waals surface area (Å²) >= 11 is 0. The van der Waals surface area contributed by atoms with Crippen molar-refractivity contribution in [3.05, 3.63) is 53.9 Å². The fourth-order valence-electron chi connectivity index (χ4n) is 1.67. The van der Waals surface area contributed by atoms with E-state index in [-0.39, 0.29) is 0 Å². The molecule has 2 rings (SSSR count). The Balaban J connectivity index is 2.04. The third kappa shape index (κ3) is 4.38. The molecule has 1 aromatic heterocycles. The predicted octanol–water partition coefficient (Wildman–Crippen LogP) is 3.68. The topological polar surface area (TPSA) is 34.1 Å². The van der Waals surface area contributed by atoms with E-state index in [1.165, 1.54) is 5.56 Å². The van der Waals surface area contributed by atoms with Gasteiger partial charge in [-0.1, -0.05) is 31.5 Å². The van der Waals surface area contributed by atoms with E-state index in [1.54, 1.807) is 6.20 Å². The summed E-state index contributed by atoms with van der Waals surface area (Å²) in [7, 11) is 0. The van der Waals surface area contributed by atoms with E-state index < -0.39 is 0 Å². The number of rotatable bonds is 5. The van der Waals surface area contributed by atoms with Crippen LogP contribution in [0.25, 0.3) is 0 Å². The Labute approximate surface area is 114 Å². The molecular weight excluding hydrogens is 236 g/mol. The Bertz CT molecular complexity index is 521. The molecule has 1 N–H and O–H groups in total. The molecule has 0 bridgehead atoms.